The van der Waals surface area contributed by atoms with Crippen LogP contribution in [0.2, 0.25) is 0 Å². The predicted molar refractivity (Wildman–Crippen MR) is 98.7 cm³/mol. The number of benzene rings is 2. The highest BCUT2D eigenvalue weighted by Crippen LogP contribution is 2.28. The lowest BCUT2D eigenvalue weighted by atomic mass is 10.1. The number of carbonyl (C=O) groups is 2. The fraction of sp³-hybridized carbons (Fsp3) is 0.300. The van der Waals surface area contributed by atoms with Gasteiger partial charge in [0.2, 0.25) is 11.8 Å². The van der Waals surface area contributed by atoms with E-state index in [4.69, 9.17) is 4.74 Å². The van der Waals surface area contributed by atoms with Crippen LogP contribution in [-0.4, -0.2) is 25.0 Å². The SMILES string of the molecule is CCOc1ccccc1N(CC(=O)NCc1cccc(C)c1)C(C)=O. The van der Waals surface area contributed by atoms with E-state index in [1.807, 2.05) is 50.2 Å². The second kappa shape index (κ2) is 8.87. The number of amides is 2. The largest absolute Gasteiger partial charge is 0.492 e. The highest BCUT2D eigenvalue weighted by molar-refractivity contribution is 5.98. The van der Waals surface area contributed by atoms with Gasteiger partial charge in [-0.15, -0.1) is 0 Å². The molecule has 0 saturated carbocycles. The number of carbonyl (C=O) groups excluding carboxylic acids is 2. The van der Waals surface area contributed by atoms with Crippen molar-refractivity contribution in [2.45, 2.75) is 27.3 Å². The predicted octanol–water partition coefficient (Wildman–Crippen LogP) is 3.06. The van der Waals surface area contributed by atoms with Crippen LogP contribution >= 0.6 is 0 Å². The molecule has 2 amide bonds. The molecule has 0 saturated heterocycles. The molecule has 2 rings (SSSR count). The summed E-state index contributed by atoms with van der Waals surface area (Å²) >= 11 is 0. The van der Waals surface area contributed by atoms with Gasteiger partial charge in [0.05, 0.1) is 12.3 Å². The summed E-state index contributed by atoms with van der Waals surface area (Å²) in [5.41, 5.74) is 2.77. The third kappa shape index (κ3) is 5.35. The first-order valence-electron chi connectivity index (χ1n) is 8.33. The van der Waals surface area contributed by atoms with Crippen LogP contribution in [0.25, 0.3) is 0 Å². The molecule has 5 nitrogen and oxygen atoms in total. The lowest BCUT2D eigenvalue weighted by Gasteiger charge is -2.23. The summed E-state index contributed by atoms with van der Waals surface area (Å²) < 4.78 is 5.57. The minimum Gasteiger partial charge on any atom is -0.492 e. The topological polar surface area (TPSA) is 58.6 Å². The second-order valence-electron chi connectivity index (χ2n) is 5.77. The summed E-state index contributed by atoms with van der Waals surface area (Å²) in [6, 6.07) is 15.2. The molecule has 0 spiro atoms. The van der Waals surface area contributed by atoms with Crippen molar-refractivity contribution < 1.29 is 14.3 Å². The van der Waals surface area contributed by atoms with Crippen LogP contribution in [0.1, 0.15) is 25.0 Å². The molecule has 132 valence electrons. The molecule has 0 unspecified atom stereocenters. The Labute approximate surface area is 148 Å². The highest BCUT2D eigenvalue weighted by atomic mass is 16.5. The zero-order chi connectivity index (χ0) is 18.2. The van der Waals surface area contributed by atoms with Crippen molar-refractivity contribution in [2.24, 2.45) is 0 Å². The van der Waals surface area contributed by atoms with Crippen LogP contribution in [0.4, 0.5) is 5.69 Å². The van der Waals surface area contributed by atoms with E-state index in [1.165, 1.54) is 11.8 Å². The number of aryl methyl sites for hydroxylation is 1. The van der Waals surface area contributed by atoms with Gasteiger partial charge in [-0.25, -0.2) is 0 Å². The fourth-order valence-corrected chi connectivity index (χ4v) is 2.55. The van der Waals surface area contributed by atoms with E-state index in [0.29, 0.717) is 24.6 Å². The average molecular weight is 340 g/mol. The molecule has 0 fully saturated rings. The van der Waals surface area contributed by atoms with E-state index in [0.717, 1.165) is 11.1 Å². The molecule has 0 bridgehead atoms. The van der Waals surface area contributed by atoms with E-state index in [1.54, 1.807) is 12.1 Å². The molecule has 2 aromatic rings. The second-order valence-corrected chi connectivity index (χ2v) is 5.77. The number of hydrogen-bond donors (Lipinski definition) is 1. The molecule has 0 heterocycles. The van der Waals surface area contributed by atoms with E-state index in [-0.39, 0.29) is 18.4 Å². The lowest BCUT2D eigenvalue weighted by Crippen LogP contribution is -2.39. The number of nitrogens with one attached hydrogen (secondary N) is 1. The molecule has 1 N–H and O–H groups in total. The molecule has 2 aromatic carbocycles. The quantitative estimate of drug-likeness (QED) is 0.843. The van der Waals surface area contributed by atoms with Gasteiger partial charge >= 0.3 is 0 Å². The van der Waals surface area contributed by atoms with Gasteiger partial charge in [-0.1, -0.05) is 42.0 Å². The average Bonchev–Trinajstić information content (AvgIpc) is 2.59. The van der Waals surface area contributed by atoms with Crippen molar-refractivity contribution >= 4 is 17.5 Å². The molecule has 0 aliphatic rings. The van der Waals surface area contributed by atoms with Crippen LogP contribution < -0.4 is 15.0 Å². The van der Waals surface area contributed by atoms with Crippen molar-refractivity contribution in [3.63, 3.8) is 0 Å². The summed E-state index contributed by atoms with van der Waals surface area (Å²) in [4.78, 5) is 25.8. The first-order chi connectivity index (χ1) is 12.0. The van der Waals surface area contributed by atoms with Crippen LogP contribution in [0.15, 0.2) is 48.5 Å². The van der Waals surface area contributed by atoms with E-state index < -0.39 is 0 Å². The van der Waals surface area contributed by atoms with Gasteiger partial charge in [0.25, 0.3) is 0 Å². The van der Waals surface area contributed by atoms with Crippen molar-refractivity contribution in [3.05, 3.63) is 59.7 Å². The molecule has 0 radical (unpaired) electrons. The first kappa shape index (κ1) is 18.5. The number of hydrogen-bond acceptors (Lipinski definition) is 3. The summed E-state index contributed by atoms with van der Waals surface area (Å²) in [5, 5.41) is 2.86. The number of para-hydroxylation sites is 2. The Bertz CT molecular complexity index is 743. The molecule has 0 aliphatic carbocycles. The number of anilines is 1. The van der Waals surface area contributed by atoms with Crippen molar-refractivity contribution in [1.29, 1.82) is 0 Å². The maximum absolute atomic E-state index is 12.3. The number of ether oxygens (including phenoxy) is 1. The maximum Gasteiger partial charge on any atom is 0.240 e. The van der Waals surface area contributed by atoms with E-state index >= 15 is 0 Å². The molecule has 0 atom stereocenters. The Morgan fingerprint density at radius 1 is 1.12 bits per heavy atom. The molecule has 5 heteroatoms. The minimum atomic E-state index is -0.219. The van der Waals surface area contributed by atoms with Gasteiger partial charge in [0, 0.05) is 13.5 Å². The van der Waals surface area contributed by atoms with Gasteiger partial charge in [0.15, 0.2) is 0 Å². The molecule has 0 aromatic heterocycles. The highest BCUT2D eigenvalue weighted by Gasteiger charge is 2.19. The van der Waals surface area contributed by atoms with Crippen LogP contribution in [-0.2, 0) is 16.1 Å². The Morgan fingerprint density at radius 3 is 2.56 bits per heavy atom. The monoisotopic (exact) mass is 340 g/mol. The van der Waals surface area contributed by atoms with Crippen LogP contribution in [0.3, 0.4) is 0 Å². The Morgan fingerprint density at radius 2 is 1.88 bits per heavy atom. The van der Waals surface area contributed by atoms with Crippen LogP contribution in [0.5, 0.6) is 5.75 Å². The summed E-state index contributed by atoms with van der Waals surface area (Å²) in [6.45, 7) is 6.19. The van der Waals surface area contributed by atoms with Crippen LogP contribution in [0, 0.1) is 6.92 Å². The summed E-state index contributed by atoms with van der Waals surface area (Å²) in [6.07, 6.45) is 0. The third-order valence-corrected chi connectivity index (χ3v) is 3.71. The maximum atomic E-state index is 12.3. The van der Waals surface area contributed by atoms with Gasteiger partial charge < -0.3 is 10.1 Å². The minimum absolute atomic E-state index is 0.0504. The number of nitrogens with zero attached hydrogens (tertiary/aromatic N) is 1. The zero-order valence-electron chi connectivity index (χ0n) is 14.9. The van der Waals surface area contributed by atoms with Gasteiger partial charge in [0.1, 0.15) is 12.3 Å². The summed E-state index contributed by atoms with van der Waals surface area (Å²) in [7, 11) is 0. The third-order valence-electron chi connectivity index (χ3n) is 3.71. The number of rotatable bonds is 7. The molecule has 25 heavy (non-hydrogen) atoms. The lowest BCUT2D eigenvalue weighted by molar-refractivity contribution is -0.123. The zero-order valence-corrected chi connectivity index (χ0v) is 14.9. The summed E-state index contributed by atoms with van der Waals surface area (Å²) in [5.74, 6) is 0.160. The fourth-order valence-electron chi connectivity index (χ4n) is 2.55. The van der Waals surface area contributed by atoms with Crippen molar-refractivity contribution in [3.8, 4) is 5.75 Å². The van der Waals surface area contributed by atoms with E-state index in [9.17, 15) is 9.59 Å². The van der Waals surface area contributed by atoms with Crippen molar-refractivity contribution in [2.75, 3.05) is 18.1 Å². The van der Waals surface area contributed by atoms with Gasteiger partial charge in [-0.05, 0) is 31.5 Å². The van der Waals surface area contributed by atoms with E-state index in [2.05, 4.69) is 5.32 Å². The Hall–Kier alpha value is -2.82. The molecular weight excluding hydrogens is 316 g/mol. The molecular formula is C20H24N2O3. The normalized spacial score (nSPS) is 10.2. The standard InChI is InChI=1S/C20H24N2O3/c1-4-25-19-11-6-5-10-18(19)22(16(3)23)14-20(24)21-13-17-9-7-8-15(2)12-17/h5-12H,4,13-14H2,1-3H3,(H,21,24). The molecule has 0 aliphatic heterocycles. The Kier molecular flexibility index (Phi) is 6.57. The van der Waals surface area contributed by atoms with Gasteiger partial charge in [-0.3, -0.25) is 14.5 Å². The Balaban J connectivity index is 2.06. The first-order valence-corrected chi connectivity index (χ1v) is 8.33. The van der Waals surface area contributed by atoms with Crippen molar-refractivity contribution in [1.82, 2.24) is 5.32 Å². The smallest absolute Gasteiger partial charge is 0.240 e. The van der Waals surface area contributed by atoms with Gasteiger partial charge in [-0.2, -0.15) is 0 Å².